The highest BCUT2D eigenvalue weighted by atomic mass is 35.5. The normalized spacial score (nSPS) is 11.7. The molecule has 0 unspecified atom stereocenters. The molecule has 178 valence electrons. The lowest BCUT2D eigenvalue weighted by atomic mass is 9.87. The van der Waals surface area contributed by atoms with Crippen LogP contribution < -0.4 is 9.62 Å². The molecule has 0 spiro atoms. The lowest BCUT2D eigenvalue weighted by Gasteiger charge is -2.22. The molecule has 0 atom stereocenters. The summed E-state index contributed by atoms with van der Waals surface area (Å²) in [6, 6.07) is 12.6. The maximum absolute atomic E-state index is 13.5. The van der Waals surface area contributed by atoms with Crippen LogP contribution in [0.1, 0.15) is 48.0 Å². The summed E-state index contributed by atoms with van der Waals surface area (Å²) >= 11 is 6.25. The first-order valence-electron chi connectivity index (χ1n) is 10.5. The molecule has 0 radical (unpaired) electrons. The van der Waals surface area contributed by atoms with Gasteiger partial charge in [0.15, 0.2) is 0 Å². The molecular weight excluding hydrogens is 474 g/mol. The highest BCUT2D eigenvalue weighted by molar-refractivity contribution is 7.92. The van der Waals surface area contributed by atoms with E-state index >= 15 is 0 Å². The van der Waals surface area contributed by atoms with Crippen molar-refractivity contribution in [3.8, 4) is 0 Å². The fraction of sp³-hybridized carbons (Fsp3) is 0.240. The Morgan fingerprint density at radius 1 is 1.06 bits per heavy atom. The van der Waals surface area contributed by atoms with Crippen LogP contribution >= 0.6 is 11.6 Å². The molecule has 0 aliphatic heterocycles. The molecule has 9 heteroatoms. The lowest BCUT2D eigenvalue weighted by molar-refractivity contribution is -0.106. The van der Waals surface area contributed by atoms with E-state index in [1.165, 1.54) is 24.3 Å². The summed E-state index contributed by atoms with van der Waals surface area (Å²) in [5.41, 5.74) is 1.92. The number of imide groups is 1. The number of aryl methyl sites for hydroxylation is 1. The Labute approximate surface area is 204 Å². The first-order chi connectivity index (χ1) is 15.9. The predicted molar refractivity (Wildman–Crippen MR) is 134 cm³/mol. The Kier molecular flexibility index (Phi) is 7.14. The maximum atomic E-state index is 13.5. The summed E-state index contributed by atoms with van der Waals surface area (Å²) in [5, 5.41) is 0.259. The number of aromatic nitrogens is 1. The molecule has 0 saturated carbocycles. The van der Waals surface area contributed by atoms with Crippen molar-refractivity contribution in [2.45, 2.75) is 44.9 Å². The Balaban J connectivity index is 2.06. The van der Waals surface area contributed by atoms with Gasteiger partial charge in [-0.1, -0.05) is 44.5 Å². The smallest absolute Gasteiger partial charge is 0.267 e. The van der Waals surface area contributed by atoms with E-state index in [1.807, 2.05) is 20.8 Å². The lowest BCUT2D eigenvalue weighted by Crippen LogP contribution is -2.32. The number of anilines is 2. The number of carbonyl (C=O) groups is 2. The van der Waals surface area contributed by atoms with Crippen molar-refractivity contribution in [2.24, 2.45) is 0 Å². The topological polar surface area (TPSA) is 96.4 Å². The van der Waals surface area contributed by atoms with E-state index in [9.17, 15) is 18.0 Å². The van der Waals surface area contributed by atoms with Crippen molar-refractivity contribution in [3.63, 3.8) is 0 Å². The average molecular weight is 500 g/mol. The molecule has 1 N–H and O–H groups in total. The summed E-state index contributed by atoms with van der Waals surface area (Å²) in [6.45, 7) is 9.35. The van der Waals surface area contributed by atoms with E-state index in [1.54, 1.807) is 44.3 Å². The third-order valence-corrected chi connectivity index (χ3v) is 7.24. The highest BCUT2D eigenvalue weighted by Gasteiger charge is 2.27. The van der Waals surface area contributed by atoms with Crippen molar-refractivity contribution in [1.29, 1.82) is 0 Å². The third-order valence-electron chi connectivity index (χ3n) is 5.45. The molecule has 1 heterocycles. The second-order valence-electron chi connectivity index (χ2n) is 8.86. The van der Waals surface area contributed by atoms with Crippen LogP contribution in [-0.2, 0) is 20.2 Å². The average Bonchev–Trinajstić information content (AvgIpc) is 2.77. The first kappa shape index (κ1) is 25.4. The molecule has 34 heavy (non-hydrogen) atoms. The zero-order valence-electron chi connectivity index (χ0n) is 19.6. The minimum atomic E-state index is -4.03. The van der Waals surface area contributed by atoms with E-state index in [2.05, 4.69) is 9.71 Å². The molecule has 7 nitrogen and oxygen atoms in total. The van der Waals surface area contributed by atoms with Gasteiger partial charge in [0.2, 0.25) is 6.41 Å². The number of amides is 2. The van der Waals surface area contributed by atoms with Gasteiger partial charge in [0.05, 0.1) is 27.5 Å². The second-order valence-corrected chi connectivity index (χ2v) is 11.0. The SMILES string of the molecule is Cc1ncccc1N(C=O)C(=O)c1c(NS(=O)(=O)c2ccc(C(C)(C)C)cc2)ccc(Cl)c1C. The number of hydrogen-bond acceptors (Lipinski definition) is 5. The number of rotatable bonds is 6. The molecule has 0 aliphatic rings. The number of nitrogens with one attached hydrogen (secondary N) is 1. The van der Waals surface area contributed by atoms with Gasteiger partial charge in [-0.2, -0.15) is 0 Å². The van der Waals surface area contributed by atoms with E-state index in [4.69, 9.17) is 11.6 Å². The van der Waals surface area contributed by atoms with Crippen LogP contribution in [0.25, 0.3) is 0 Å². The minimum absolute atomic E-state index is 0.0141. The van der Waals surface area contributed by atoms with Crippen molar-refractivity contribution in [1.82, 2.24) is 4.98 Å². The molecular formula is C25H26ClN3O4S. The number of pyridine rings is 1. The van der Waals surface area contributed by atoms with Gasteiger partial charge in [0.25, 0.3) is 15.9 Å². The third kappa shape index (κ3) is 5.13. The number of carbonyl (C=O) groups excluding carboxylic acids is 2. The van der Waals surface area contributed by atoms with Crippen LogP contribution in [0.2, 0.25) is 5.02 Å². The van der Waals surface area contributed by atoms with Gasteiger partial charge in [-0.25, -0.2) is 13.3 Å². The number of benzene rings is 2. The Hall–Kier alpha value is -3.23. The van der Waals surface area contributed by atoms with E-state index in [0.717, 1.165) is 10.5 Å². The zero-order chi connectivity index (χ0) is 25.3. The summed E-state index contributed by atoms with van der Waals surface area (Å²) < 4.78 is 28.8. The van der Waals surface area contributed by atoms with Crippen LogP contribution in [-0.4, -0.2) is 25.7 Å². The van der Waals surface area contributed by atoms with Gasteiger partial charge >= 0.3 is 0 Å². The first-order valence-corrected chi connectivity index (χ1v) is 12.4. The van der Waals surface area contributed by atoms with Gasteiger partial charge in [0, 0.05) is 11.2 Å². The number of sulfonamides is 1. The van der Waals surface area contributed by atoms with Crippen LogP contribution in [0.15, 0.2) is 59.6 Å². The summed E-state index contributed by atoms with van der Waals surface area (Å²) in [6.07, 6.45) is 1.91. The van der Waals surface area contributed by atoms with E-state index in [-0.39, 0.29) is 32.3 Å². The van der Waals surface area contributed by atoms with Gasteiger partial charge in [-0.15, -0.1) is 0 Å². The van der Waals surface area contributed by atoms with Gasteiger partial charge in [-0.3, -0.25) is 19.3 Å². The quantitative estimate of drug-likeness (QED) is 0.467. The number of hydrogen-bond donors (Lipinski definition) is 1. The second kappa shape index (κ2) is 9.56. The van der Waals surface area contributed by atoms with Crippen molar-refractivity contribution >= 4 is 45.3 Å². The van der Waals surface area contributed by atoms with Crippen molar-refractivity contribution in [3.05, 3.63) is 82.1 Å². The minimum Gasteiger partial charge on any atom is -0.279 e. The molecule has 2 amide bonds. The van der Waals surface area contributed by atoms with Crippen molar-refractivity contribution < 1.29 is 18.0 Å². The van der Waals surface area contributed by atoms with Gasteiger partial charge < -0.3 is 0 Å². The van der Waals surface area contributed by atoms with E-state index < -0.39 is 15.9 Å². The number of halogens is 1. The summed E-state index contributed by atoms with van der Waals surface area (Å²) in [5.74, 6) is -0.730. The molecule has 2 aromatic carbocycles. The maximum Gasteiger partial charge on any atom is 0.267 e. The standard InChI is InChI=1S/C25H26ClN3O4S/c1-16-20(26)12-13-21(23(16)24(31)29(15-30)22-7-6-14-27-17(22)2)28-34(32,33)19-10-8-18(9-11-19)25(3,4)5/h6-15,28H,1-5H3. The zero-order valence-corrected chi connectivity index (χ0v) is 21.2. The largest absolute Gasteiger partial charge is 0.279 e. The van der Waals surface area contributed by atoms with Crippen molar-refractivity contribution in [2.75, 3.05) is 9.62 Å². The summed E-state index contributed by atoms with van der Waals surface area (Å²) in [4.78, 5) is 30.4. The summed E-state index contributed by atoms with van der Waals surface area (Å²) in [7, 11) is -4.03. The molecule has 3 aromatic rings. The number of nitrogens with zero attached hydrogens (tertiary/aromatic N) is 2. The van der Waals surface area contributed by atoms with Gasteiger partial charge in [0.1, 0.15) is 0 Å². The van der Waals surface area contributed by atoms with E-state index in [0.29, 0.717) is 17.7 Å². The van der Waals surface area contributed by atoms with Crippen LogP contribution in [0.4, 0.5) is 11.4 Å². The fourth-order valence-electron chi connectivity index (χ4n) is 3.45. The molecule has 0 fully saturated rings. The van der Waals surface area contributed by atoms with Crippen LogP contribution in [0.3, 0.4) is 0 Å². The molecule has 0 aliphatic carbocycles. The molecule has 3 rings (SSSR count). The fourth-order valence-corrected chi connectivity index (χ4v) is 4.68. The Morgan fingerprint density at radius 2 is 1.71 bits per heavy atom. The van der Waals surface area contributed by atoms with Gasteiger partial charge in [-0.05, 0) is 66.8 Å². The Morgan fingerprint density at radius 3 is 2.26 bits per heavy atom. The molecule has 0 bridgehead atoms. The monoisotopic (exact) mass is 499 g/mol. The predicted octanol–water partition coefficient (Wildman–Crippen LogP) is 5.25. The van der Waals surface area contributed by atoms with Crippen LogP contribution in [0.5, 0.6) is 0 Å². The molecule has 1 aromatic heterocycles. The van der Waals surface area contributed by atoms with Crippen LogP contribution in [0, 0.1) is 13.8 Å². The Bertz CT molecular complexity index is 1350. The molecule has 0 saturated heterocycles. The highest BCUT2D eigenvalue weighted by Crippen LogP contribution is 2.31.